The van der Waals surface area contributed by atoms with Crippen molar-refractivity contribution >= 4 is 85.3 Å². The number of benzene rings is 7. The summed E-state index contributed by atoms with van der Waals surface area (Å²) in [6, 6.07) is 47.5. The predicted molar refractivity (Wildman–Crippen MR) is 211 cm³/mol. The van der Waals surface area contributed by atoms with E-state index < -0.39 is 19.7 Å². The SMILES string of the molecule is O=c1c2ccc(N3c4ccccc4S(=O)(=O)c4ccccc43)cc2sc2ccc(-c3ccc(N4c5ccccc5S(=O)(=O)c5ccccc54)cc3)cc12. The number of hydrogen-bond acceptors (Lipinski definition) is 8. The number of rotatable bonds is 3. The highest BCUT2D eigenvalue weighted by Gasteiger charge is 2.36. The van der Waals surface area contributed by atoms with Crippen molar-refractivity contribution in [3.63, 3.8) is 0 Å². The van der Waals surface area contributed by atoms with E-state index in [-0.39, 0.29) is 25.0 Å². The van der Waals surface area contributed by atoms with Gasteiger partial charge in [-0.25, -0.2) is 16.8 Å². The van der Waals surface area contributed by atoms with Crippen molar-refractivity contribution in [1.29, 1.82) is 0 Å². The molecule has 1 aromatic heterocycles. The lowest BCUT2D eigenvalue weighted by Gasteiger charge is -2.33. The van der Waals surface area contributed by atoms with Crippen LogP contribution in [0.2, 0.25) is 0 Å². The third kappa shape index (κ3) is 4.66. The normalized spacial score (nSPS) is 15.0. The molecular formula is C43H26N2O5S3. The number of fused-ring (bicyclic) bond motifs is 6. The Morgan fingerprint density at radius 1 is 0.396 bits per heavy atom. The van der Waals surface area contributed by atoms with Crippen molar-refractivity contribution in [2.45, 2.75) is 19.6 Å². The van der Waals surface area contributed by atoms with E-state index in [2.05, 4.69) is 0 Å². The summed E-state index contributed by atoms with van der Waals surface area (Å²) in [4.78, 5) is 19.0. The van der Waals surface area contributed by atoms with Gasteiger partial charge in [0.1, 0.15) is 0 Å². The fourth-order valence-electron chi connectivity index (χ4n) is 7.49. The summed E-state index contributed by atoms with van der Waals surface area (Å²) >= 11 is 1.52. The molecule has 10 heteroatoms. The van der Waals surface area contributed by atoms with Crippen LogP contribution in [0.3, 0.4) is 0 Å². The number of anilines is 6. The van der Waals surface area contributed by atoms with Gasteiger partial charge >= 0.3 is 0 Å². The summed E-state index contributed by atoms with van der Waals surface area (Å²) < 4.78 is 55.6. The van der Waals surface area contributed by atoms with E-state index in [9.17, 15) is 21.6 Å². The number of hydrogen-bond donors (Lipinski definition) is 0. The molecule has 0 amide bonds. The Hall–Kier alpha value is -6.07. The Balaban J connectivity index is 1.04. The summed E-state index contributed by atoms with van der Waals surface area (Å²) in [7, 11) is -7.36. The Morgan fingerprint density at radius 2 is 0.830 bits per heavy atom. The lowest BCUT2D eigenvalue weighted by atomic mass is 10.0. The van der Waals surface area contributed by atoms with Gasteiger partial charge in [-0.3, -0.25) is 4.79 Å². The van der Waals surface area contributed by atoms with Crippen LogP contribution in [-0.4, -0.2) is 16.8 Å². The van der Waals surface area contributed by atoms with Gasteiger partial charge in [-0.2, -0.15) is 0 Å². The van der Waals surface area contributed by atoms with Gasteiger partial charge in [-0.1, -0.05) is 66.7 Å². The smallest absolute Gasteiger partial charge is 0.210 e. The van der Waals surface area contributed by atoms with Gasteiger partial charge in [0.15, 0.2) is 5.43 Å². The highest BCUT2D eigenvalue weighted by molar-refractivity contribution is 7.92. The van der Waals surface area contributed by atoms with E-state index >= 15 is 0 Å². The Morgan fingerprint density at radius 3 is 1.34 bits per heavy atom. The lowest BCUT2D eigenvalue weighted by Crippen LogP contribution is -2.22. The zero-order valence-corrected chi connectivity index (χ0v) is 30.1. The van der Waals surface area contributed by atoms with Crippen molar-refractivity contribution in [1.82, 2.24) is 0 Å². The van der Waals surface area contributed by atoms with Gasteiger partial charge < -0.3 is 9.80 Å². The van der Waals surface area contributed by atoms with Crippen LogP contribution in [0, 0.1) is 0 Å². The van der Waals surface area contributed by atoms with Crippen molar-refractivity contribution in [3.8, 4) is 11.1 Å². The average Bonchev–Trinajstić information content (AvgIpc) is 3.18. The Bertz CT molecular complexity index is 3030. The molecule has 0 saturated heterocycles. The second-order valence-corrected chi connectivity index (χ2v) is 17.8. The summed E-state index contributed by atoms with van der Waals surface area (Å²) in [5.41, 5.74) is 5.61. The second kappa shape index (κ2) is 11.5. The van der Waals surface area contributed by atoms with E-state index in [0.717, 1.165) is 31.9 Å². The first-order chi connectivity index (χ1) is 25.7. The van der Waals surface area contributed by atoms with E-state index in [0.29, 0.717) is 33.5 Å². The van der Waals surface area contributed by atoms with Gasteiger partial charge in [-0.15, -0.1) is 11.3 Å². The molecule has 0 bridgehead atoms. The van der Waals surface area contributed by atoms with Crippen LogP contribution in [0.1, 0.15) is 0 Å². The molecule has 10 rings (SSSR count). The molecule has 0 spiro atoms. The minimum atomic E-state index is -3.70. The molecule has 53 heavy (non-hydrogen) atoms. The zero-order chi connectivity index (χ0) is 36.1. The maximum Gasteiger partial charge on any atom is 0.210 e. The van der Waals surface area contributed by atoms with E-state index in [1.165, 1.54) is 11.3 Å². The number of sulfone groups is 2. The molecule has 8 aromatic rings. The first-order valence-electron chi connectivity index (χ1n) is 16.8. The van der Waals surface area contributed by atoms with Crippen LogP contribution in [-0.2, 0) is 19.7 Å². The minimum absolute atomic E-state index is 0.0801. The third-order valence-electron chi connectivity index (χ3n) is 9.95. The molecule has 0 radical (unpaired) electrons. The fourth-order valence-corrected chi connectivity index (χ4v) is 11.8. The lowest BCUT2D eigenvalue weighted by molar-refractivity contribution is 0.593. The maximum absolute atomic E-state index is 14.0. The average molecular weight is 747 g/mol. The van der Waals surface area contributed by atoms with Crippen LogP contribution in [0.4, 0.5) is 34.1 Å². The molecule has 0 aliphatic carbocycles. The number of para-hydroxylation sites is 4. The first-order valence-corrected chi connectivity index (χ1v) is 20.6. The molecule has 0 fully saturated rings. The van der Waals surface area contributed by atoms with Gasteiger partial charge in [0, 0.05) is 31.5 Å². The summed E-state index contributed by atoms with van der Waals surface area (Å²) in [6.07, 6.45) is 0. The largest absolute Gasteiger partial charge is 0.308 e. The van der Waals surface area contributed by atoms with Crippen molar-refractivity contribution < 1.29 is 16.8 Å². The molecule has 0 unspecified atom stereocenters. The quantitative estimate of drug-likeness (QED) is 0.166. The maximum atomic E-state index is 14.0. The Labute approximate surface area is 309 Å². The summed E-state index contributed by atoms with van der Waals surface area (Å²) in [6.45, 7) is 0. The molecule has 3 heterocycles. The molecule has 7 aromatic carbocycles. The molecule has 2 aliphatic heterocycles. The monoisotopic (exact) mass is 746 g/mol. The molecule has 2 aliphatic rings. The van der Waals surface area contributed by atoms with Crippen LogP contribution in [0.25, 0.3) is 31.3 Å². The molecule has 7 nitrogen and oxygen atoms in total. The fraction of sp³-hybridized carbons (Fsp3) is 0. The van der Waals surface area contributed by atoms with Crippen LogP contribution >= 0.6 is 11.3 Å². The molecule has 0 atom stereocenters. The zero-order valence-electron chi connectivity index (χ0n) is 27.7. The van der Waals surface area contributed by atoms with E-state index in [1.807, 2.05) is 107 Å². The summed E-state index contributed by atoms with van der Waals surface area (Å²) in [5, 5.41) is 1.20. The number of nitrogens with zero attached hydrogens (tertiary/aromatic N) is 2. The van der Waals surface area contributed by atoms with Gasteiger partial charge in [-0.05, 0) is 102 Å². The van der Waals surface area contributed by atoms with Crippen LogP contribution in [0.15, 0.2) is 182 Å². The van der Waals surface area contributed by atoms with E-state index in [1.54, 1.807) is 60.7 Å². The molecule has 256 valence electrons. The van der Waals surface area contributed by atoms with Crippen molar-refractivity contribution in [3.05, 3.63) is 168 Å². The molecular weight excluding hydrogens is 721 g/mol. The van der Waals surface area contributed by atoms with E-state index in [4.69, 9.17) is 0 Å². The Kier molecular flexibility index (Phi) is 6.85. The standard InChI is InChI=1S/C43H26N2O5S3/c46-43-31-23-22-30(45-35-11-3-7-15-41(35)53(49,50)42-16-8-4-12-36(42)45)26-38(31)51-37-24-19-28(25-32(37)43)27-17-20-29(21-18-27)44-33-9-1-5-13-39(33)52(47,48)40-14-6-2-10-34(40)44/h1-26H. The van der Waals surface area contributed by atoms with Crippen LogP contribution < -0.4 is 15.2 Å². The van der Waals surface area contributed by atoms with Gasteiger partial charge in [0.05, 0.1) is 42.3 Å². The van der Waals surface area contributed by atoms with Crippen molar-refractivity contribution in [2.24, 2.45) is 0 Å². The molecule has 0 saturated carbocycles. The topological polar surface area (TPSA) is 91.8 Å². The second-order valence-electron chi connectivity index (χ2n) is 12.9. The summed E-state index contributed by atoms with van der Waals surface area (Å²) in [5.74, 6) is 0. The molecule has 0 N–H and O–H groups in total. The predicted octanol–water partition coefficient (Wildman–Crippen LogP) is 10.3. The highest BCUT2D eigenvalue weighted by Crippen LogP contribution is 2.50. The van der Waals surface area contributed by atoms with Crippen molar-refractivity contribution in [2.75, 3.05) is 9.80 Å². The van der Waals surface area contributed by atoms with Gasteiger partial charge in [0.25, 0.3) is 0 Å². The first kappa shape index (κ1) is 31.6. The van der Waals surface area contributed by atoms with Gasteiger partial charge in [0.2, 0.25) is 19.7 Å². The minimum Gasteiger partial charge on any atom is -0.308 e. The highest BCUT2D eigenvalue weighted by atomic mass is 32.2. The third-order valence-corrected chi connectivity index (χ3v) is 14.8. The van der Waals surface area contributed by atoms with Crippen LogP contribution in [0.5, 0.6) is 0 Å².